The summed E-state index contributed by atoms with van der Waals surface area (Å²) in [6.45, 7) is -0.940. The third kappa shape index (κ3) is 3.26. The summed E-state index contributed by atoms with van der Waals surface area (Å²) in [5.41, 5.74) is -2.17. The Balaban J connectivity index is 1.62. The number of rotatable bonds is 3. The highest BCUT2D eigenvalue weighted by molar-refractivity contribution is 5.96. The third-order valence-electron chi connectivity index (χ3n) is 5.31. The van der Waals surface area contributed by atoms with Crippen molar-refractivity contribution in [3.63, 3.8) is 0 Å². The van der Waals surface area contributed by atoms with Gasteiger partial charge in [0.15, 0.2) is 0 Å². The molecule has 0 aromatic heterocycles. The quantitative estimate of drug-likeness (QED) is 0.825. The molecule has 1 saturated carbocycles. The fraction of sp³-hybridized carbons (Fsp3) is 0.529. The number of hydrogen-bond donors (Lipinski definition) is 1. The average molecular weight is 376 g/mol. The number of hydrogen-bond acceptors (Lipinski definition) is 2. The lowest BCUT2D eigenvalue weighted by Crippen LogP contribution is -2.44. The minimum absolute atomic E-state index is 0.000124. The number of nitrogens with one attached hydrogen (secondary N) is 1. The number of amides is 2. The largest absolute Gasteiger partial charge is 0.396 e. The molecular weight excluding hydrogens is 359 g/mol. The summed E-state index contributed by atoms with van der Waals surface area (Å²) in [5, 5.41) is 2.20. The van der Waals surface area contributed by atoms with Crippen LogP contribution in [0.25, 0.3) is 0 Å². The van der Waals surface area contributed by atoms with Gasteiger partial charge in [-0.3, -0.25) is 9.59 Å². The second-order valence-corrected chi connectivity index (χ2v) is 6.86. The Morgan fingerprint density at radius 2 is 1.85 bits per heavy atom. The zero-order valence-corrected chi connectivity index (χ0v) is 13.7. The van der Waals surface area contributed by atoms with Crippen LogP contribution in [0.2, 0.25) is 0 Å². The molecule has 0 spiro atoms. The van der Waals surface area contributed by atoms with E-state index in [9.17, 15) is 31.5 Å². The number of nitrogens with zero attached hydrogens (tertiary/aromatic N) is 1. The van der Waals surface area contributed by atoms with Gasteiger partial charge in [0, 0.05) is 24.7 Å². The summed E-state index contributed by atoms with van der Waals surface area (Å²) < 4.78 is 66.7. The fourth-order valence-electron chi connectivity index (χ4n) is 4.00. The van der Waals surface area contributed by atoms with Crippen molar-refractivity contribution in [2.75, 3.05) is 19.6 Å². The zero-order valence-electron chi connectivity index (χ0n) is 13.7. The van der Waals surface area contributed by atoms with Crippen LogP contribution in [-0.4, -0.2) is 42.5 Å². The Hall–Kier alpha value is -2.19. The first kappa shape index (κ1) is 18.6. The van der Waals surface area contributed by atoms with Crippen molar-refractivity contribution >= 4 is 11.8 Å². The molecule has 2 aliphatic rings. The predicted octanol–water partition coefficient (Wildman–Crippen LogP) is 2.89. The van der Waals surface area contributed by atoms with Crippen molar-refractivity contribution in [3.8, 4) is 0 Å². The molecule has 0 radical (unpaired) electrons. The topological polar surface area (TPSA) is 49.4 Å². The molecule has 1 saturated heterocycles. The first-order valence-corrected chi connectivity index (χ1v) is 8.21. The van der Waals surface area contributed by atoms with Crippen LogP contribution in [-0.2, 0) is 4.79 Å². The van der Waals surface area contributed by atoms with Gasteiger partial charge in [-0.1, -0.05) is 6.42 Å². The lowest BCUT2D eigenvalue weighted by atomic mass is 9.80. The van der Waals surface area contributed by atoms with E-state index in [0.29, 0.717) is 18.9 Å². The van der Waals surface area contributed by atoms with Crippen molar-refractivity contribution in [1.29, 1.82) is 0 Å². The number of halogens is 5. The summed E-state index contributed by atoms with van der Waals surface area (Å²) >= 11 is 0. The number of alkyl halides is 3. The van der Waals surface area contributed by atoms with Crippen LogP contribution in [0.4, 0.5) is 22.0 Å². The summed E-state index contributed by atoms with van der Waals surface area (Å²) in [5.74, 6) is -4.03. The predicted molar refractivity (Wildman–Crippen MR) is 81.1 cm³/mol. The molecule has 1 heterocycles. The van der Waals surface area contributed by atoms with Gasteiger partial charge in [-0.25, -0.2) is 8.78 Å². The maximum atomic E-state index is 13.5. The van der Waals surface area contributed by atoms with Gasteiger partial charge in [-0.2, -0.15) is 13.2 Å². The van der Waals surface area contributed by atoms with Crippen LogP contribution >= 0.6 is 0 Å². The highest BCUT2D eigenvalue weighted by Gasteiger charge is 2.65. The zero-order chi connectivity index (χ0) is 19.1. The number of benzene rings is 1. The molecule has 0 unspecified atom stereocenters. The van der Waals surface area contributed by atoms with Gasteiger partial charge in [-0.05, 0) is 30.9 Å². The molecule has 26 heavy (non-hydrogen) atoms. The van der Waals surface area contributed by atoms with Crippen LogP contribution in [0, 0.1) is 23.0 Å². The molecule has 2 fully saturated rings. The van der Waals surface area contributed by atoms with Crippen LogP contribution in [0.5, 0.6) is 0 Å². The van der Waals surface area contributed by atoms with E-state index in [4.69, 9.17) is 0 Å². The van der Waals surface area contributed by atoms with E-state index in [2.05, 4.69) is 5.32 Å². The molecule has 4 nitrogen and oxygen atoms in total. The normalized spacial score (nSPS) is 25.3. The van der Waals surface area contributed by atoms with Crippen molar-refractivity contribution in [2.45, 2.75) is 25.4 Å². The molecular formula is C17H17F5N2O2. The van der Waals surface area contributed by atoms with Crippen LogP contribution < -0.4 is 5.32 Å². The fourth-order valence-corrected chi connectivity index (χ4v) is 4.00. The Morgan fingerprint density at radius 3 is 2.42 bits per heavy atom. The molecule has 2 amide bonds. The van der Waals surface area contributed by atoms with Crippen LogP contribution in [0.15, 0.2) is 18.2 Å². The Bertz CT molecular complexity index is 716. The molecule has 2 atom stereocenters. The van der Waals surface area contributed by atoms with Crippen LogP contribution in [0.1, 0.15) is 29.6 Å². The molecule has 9 heteroatoms. The average Bonchev–Trinajstić information content (AvgIpc) is 3.09. The minimum atomic E-state index is -4.38. The van der Waals surface area contributed by atoms with E-state index in [1.807, 2.05) is 0 Å². The molecule has 1 aliphatic heterocycles. The lowest BCUT2D eigenvalue weighted by Gasteiger charge is -2.31. The lowest BCUT2D eigenvalue weighted by molar-refractivity contribution is -0.226. The minimum Gasteiger partial charge on any atom is -0.343 e. The van der Waals surface area contributed by atoms with Crippen molar-refractivity contribution < 1.29 is 31.5 Å². The number of likely N-dealkylation sites (tertiary alicyclic amines) is 1. The highest BCUT2D eigenvalue weighted by atomic mass is 19.4. The van der Waals surface area contributed by atoms with Crippen molar-refractivity contribution in [3.05, 3.63) is 35.4 Å². The van der Waals surface area contributed by atoms with Gasteiger partial charge in [0.25, 0.3) is 5.91 Å². The Labute approximate surface area is 146 Å². The summed E-state index contributed by atoms with van der Waals surface area (Å²) in [6, 6.07) is 2.21. The first-order valence-electron chi connectivity index (χ1n) is 8.21. The molecule has 1 aromatic rings. The highest BCUT2D eigenvalue weighted by Crippen LogP contribution is 2.57. The van der Waals surface area contributed by atoms with E-state index >= 15 is 0 Å². The maximum Gasteiger partial charge on any atom is 0.396 e. The van der Waals surface area contributed by atoms with E-state index in [1.54, 1.807) is 0 Å². The van der Waals surface area contributed by atoms with E-state index in [0.717, 1.165) is 17.0 Å². The molecule has 0 bridgehead atoms. The standard InChI is InChI=1S/C17H17F5N2O2/c18-12-4-10(5-13(19)6-12)15(26)23-7-14(25)24-8-11-2-1-3-16(11,9-24)17(20,21)22/h4-6,11H,1-3,7-9H2,(H,23,26)/t11-,16-/m0/s1. The summed E-state index contributed by atoms with van der Waals surface area (Å²) in [6.07, 6.45) is -3.49. The van der Waals surface area contributed by atoms with Gasteiger partial charge in [0.1, 0.15) is 11.6 Å². The Kier molecular flexibility index (Phi) is 4.66. The van der Waals surface area contributed by atoms with E-state index < -0.39 is 54.0 Å². The number of carbonyl (C=O) groups excluding carboxylic acids is 2. The molecule has 1 aromatic carbocycles. The molecule has 1 N–H and O–H groups in total. The smallest absolute Gasteiger partial charge is 0.343 e. The first-order chi connectivity index (χ1) is 12.1. The summed E-state index contributed by atoms with van der Waals surface area (Å²) in [7, 11) is 0. The van der Waals surface area contributed by atoms with E-state index in [1.165, 1.54) is 0 Å². The van der Waals surface area contributed by atoms with Gasteiger partial charge in [0.05, 0.1) is 12.0 Å². The monoisotopic (exact) mass is 376 g/mol. The van der Waals surface area contributed by atoms with Gasteiger partial charge >= 0.3 is 6.18 Å². The molecule has 1 aliphatic carbocycles. The number of carbonyl (C=O) groups is 2. The van der Waals surface area contributed by atoms with E-state index in [-0.39, 0.29) is 18.5 Å². The van der Waals surface area contributed by atoms with Crippen LogP contribution in [0.3, 0.4) is 0 Å². The second-order valence-electron chi connectivity index (χ2n) is 6.86. The second kappa shape index (κ2) is 6.51. The van der Waals surface area contributed by atoms with Gasteiger partial charge in [0.2, 0.25) is 5.91 Å². The van der Waals surface area contributed by atoms with Crippen molar-refractivity contribution in [1.82, 2.24) is 10.2 Å². The Morgan fingerprint density at radius 1 is 1.19 bits per heavy atom. The SMILES string of the molecule is O=C(NCC(=O)N1C[C@@H]2CCC[C@]2(C(F)(F)F)C1)c1cc(F)cc(F)c1. The summed E-state index contributed by atoms with van der Waals surface area (Å²) in [4.78, 5) is 25.2. The molecule has 3 rings (SSSR count). The maximum absolute atomic E-state index is 13.5. The van der Waals surface area contributed by atoms with Crippen molar-refractivity contribution in [2.24, 2.45) is 11.3 Å². The number of fused-ring (bicyclic) bond motifs is 1. The van der Waals surface area contributed by atoms with Gasteiger partial charge < -0.3 is 10.2 Å². The molecule has 142 valence electrons. The van der Waals surface area contributed by atoms with Gasteiger partial charge in [-0.15, -0.1) is 0 Å². The third-order valence-corrected chi connectivity index (χ3v) is 5.31.